The molecule has 8 heteroatoms. The van der Waals surface area contributed by atoms with Gasteiger partial charge >= 0.3 is 0 Å². The van der Waals surface area contributed by atoms with Gasteiger partial charge in [0, 0.05) is 18.5 Å². The maximum atomic E-state index is 12.4. The number of ether oxygens (including phenoxy) is 1. The van der Waals surface area contributed by atoms with Crippen LogP contribution < -0.4 is 0 Å². The Morgan fingerprint density at radius 1 is 1.32 bits per heavy atom. The highest BCUT2D eigenvalue weighted by Crippen LogP contribution is 2.39. The third-order valence-corrected chi connectivity index (χ3v) is 3.88. The molecule has 0 bridgehead atoms. The van der Waals surface area contributed by atoms with Crippen LogP contribution in [0.2, 0.25) is 0 Å². The normalized spacial score (nSPS) is 25.4. The fraction of sp³-hybridized carbons (Fsp3) is 0.571. The van der Waals surface area contributed by atoms with Crippen molar-refractivity contribution >= 4 is 5.91 Å². The third kappa shape index (κ3) is 2.50. The smallest absolute Gasteiger partial charge is 0.276 e. The molecule has 2 aromatic rings. The molecule has 2 fully saturated rings. The van der Waals surface area contributed by atoms with E-state index in [0.29, 0.717) is 24.9 Å². The van der Waals surface area contributed by atoms with Crippen molar-refractivity contribution in [2.45, 2.75) is 37.9 Å². The zero-order valence-corrected chi connectivity index (χ0v) is 12.1. The van der Waals surface area contributed by atoms with E-state index in [1.54, 1.807) is 11.0 Å². The summed E-state index contributed by atoms with van der Waals surface area (Å²) in [6.45, 7) is 2.77. The SMILES string of the molecule is C[C@@H]1CN(C(=O)c2ccon2)C[C@H](c2nc(C3CC3)no2)O1. The highest BCUT2D eigenvalue weighted by atomic mass is 16.5. The zero-order chi connectivity index (χ0) is 15.1. The highest BCUT2D eigenvalue weighted by Gasteiger charge is 2.35. The minimum atomic E-state index is -0.403. The number of aromatic nitrogens is 3. The number of rotatable bonds is 3. The molecular formula is C14H16N4O4. The van der Waals surface area contributed by atoms with E-state index in [1.807, 2.05) is 6.92 Å². The van der Waals surface area contributed by atoms with Crippen LogP contribution in [0.5, 0.6) is 0 Å². The maximum absolute atomic E-state index is 12.4. The predicted octanol–water partition coefficient (Wildman–Crippen LogP) is 1.54. The Balaban J connectivity index is 1.51. The Morgan fingerprint density at radius 3 is 2.91 bits per heavy atom. The molecule has 0 N–H and O–H groups in total. The highest BCUT2D eigenvalue weighted by molar-refractivity contribution is 5.92. The van der Waals surface area contributed by atoms with Gasteiger partial charge in [-0.2, -0.15) is 4.98 Å². The molecule has 0 aromatic carbocycles. The lowest BCUT2D eigenvalue weighted by Gasteiger charge is -2.34. The summed E-state index contributed by atoms with van der Waals surface area (Å²) in [5, 5.41) is 7.69. The number of morpholine rings is 1. The van der Waals surface area contributed by atoms with Gasteiger partial charge in [0.25, 0.3) is 11.8 Å². The first-order valence-electron chi connectivity index (χ1n) is 7.39. The second-order valence-electron chi connectivity index (χ2n) is 5.80. The first-order valence-corrected chi connectivity index (χ1v) is 7.39. The summed E-state index contributed by atoms with van der Waals surface area (Å²) in [5.74, 6) is 1.42. The zero-order valence-electron chi connectivity index (χ0n) is 12.1. The van der Waals surface area contributed by atoms with Crippen molar-refractivity contribution in [3.63, 3.8) is 0 Å². The predicted molar refractivity (Wildman–Crippen MR) is 72.0 cm³/mol. The van der Waals surface area contributed by atoms with Gasteiger partial charge in [0.1, 0.15) is 6.26 Å². The fourth-order valence-electron chi connectivity index (χ4n) is 2.62. The van der Waals surface area contributed by atoms with E-state index in [-0.39, 0.29) is 17.7 Å². The van der Waals surface area contributed by atoms with E-state index >= 15 is 0 Å². The van der Waals surface area contributed by atoms with E-state index in [2.05, 4.69) is 15.3 Å². The molecule has 2 atom stereocenters. The van der Waals surface area contributed by atoms with E-state index in [1.165, 1.54) is 6.26 Å². The Hall–Kier alpha value is -2.22. The largest absolute Gasteiger partial charge is 0.364 e. The fourth-order valence-corrected chi connectivity index (χ4v) is 2.62. The maximum Gasteiger partial charge on any atom is 0.276 e. The van der Waals surface area contributed by atoms with Crippen LogP contribution >= 0.6 is 0 Å². The number of nitrogens with zero attached hydrogens (tertiary/aromatic N) is 4. The average Bonchev–Trinajstić information content (AvgIpc) is 3.04. The number of hydrogen-bond donors (Lipinski definition) is 0. The second-order valence-corrected chi connectivity index (χ2v) is 5.80. The molecular weight excluding hydrogens is 288 g/mol. The topological polar surface area (TPSA) is 94.5 Å². The molecule has 0 spiro atoms. The molecule has 1 saturated carbocycles. The Bertz CT molecular complexity index is 664. The quantitative estimate of drug-likeness (QED) is 0.848. The standard InChI is InChI=1S/C14H16N4O4/c1-8-6-18(14(19)10-4-5-20-16-10)7-11(21-8)13-15-12(17-22-13)9-2-3-9/h4-5,8-9,11H,2-3,6-7H2,1H3/t8-,11-/m1/s1. The lowest BCUT2D eigenvalue weighted by atomic mass is 10.2. The van der Waals surface area contributed by atoms with Gasteiger partial charge in [-0.1, -0.05) is 10.3 Å². The first-order chi connectivity index (χ1) is 10.7. The van der Waals surface area contributed by atoms with Crippen LogP contribution in [0.15, 0.2) is 21.4 Å². The Morgan fingerprint density at radius 2 is 2.18 bits per heavy atom. The molecule has 22 heavy (non-hydrogen) atoms. The number of carbonyl (C=O) groups is 1. The first kappa shape index (κ1) is 13.4. The molecule has 1 amide bonds. The number of carbonyl (C=O) groups excluding carboxylic acids is 1. The van der Waals surface area contributed by atoms with E-state index < -0.39 is 6.10 Å². The Kier molecular flexibility index (Phi) is 3.18. The van der Waals surface area contributed by atoms with E-state index in [4.69, 9.17) is 13.8 Å². The van der Waals surface area contributed by atoms with Crippen LogP contribution in [0, 0.1) is 0 Å². The van der Waals surface area contributed by atoms with Gasteiger partial charge in [-0.3, -0.25) is 4.79 Å². The molecule has 8 nitrogen and oxygen atoms in total. The lowest BCUT2D eigenvalue weighted by molar-refractivity contribution is -0.0811. The van der Waals surface area contributed by atoms with Crippen molar-refractivity contribution in [1.29, 1.82) is 0 Å². The summed E-state index contributed by atoms with van der Waals surface area (Å²) in [5.41, 5.74) is 0.289. The molecule has 3 heterocycles. The van der Waals surface area contributed by atoms with Crippen LogP contribution in [0.4, 0.5) is 0 Å². The van der Waals surface area contributed by atoms with Crippen molar-refractivity contribution in [1.82, 2.24) is 20.2 Å². The summed E-state index contributed by atoms with van der Waals surface area (Å²) in [7, 11) is 0. The van der Waals surface area contributed by atoms with Crippen LogP contribution in [0.1, 0.15) is 54.0 Å². The van der Waals surface area contributed by atoms with Crippen molar-refractivity contribution in [3.05, 3.63) is 29.7 Å². The molecule has 2 aliphatic rings. The Labute approximate surface area is 126 Å². The van der Waals surface area contributed by atoms with Gasteiger partial charge in [-0.25, -0.2) is 0 Å². The van der Waals surface area contributed by atoms with Crippen LogP contribution in [-0.4, -0.2) is 45.3 Å². The van der Waals surface area contributed by atoms with Crippen molar-refractivity contribution in [3.8, 4) is 0 Å². The van der Waals surface area contributed by atoms with Crippen LogP contribution in [0.3, 0.4) is 0 Å². The summed E-state index contributed by atoms with van der Waals surface area (Å²) < 4.78 is 15.9. The minimum Gasteiger partial charge on any atom is -0.364 e. The summed E-state index contributed by atoms with van der Waals surface area (Å²) in [6, 6.07) is 1.55. The summed E-state index contributed by atoms with van der Waals surface area (Å²) in [4.78, 5) is 18.5. The molecule has 1 aliphatic heterocycles. The van der Waals surface area contributed by atoms with Crippen molar-refractivity contribution in [2.24, 2.45) is 0 Å². The number of hydrogen-bond acceptors (Lipinski definition) is 7. The van der Waals surface area contributed by atoms with Crippen molar-refractivity contribution in [2.75, 3.05) is 13.1 Å². The van der Waals surface area contributed by atoms with Gasteiger partial charge in [-0.05, 0) is 19.8 Å². The van der Waals surface area contributed by atoms with Crippen LogP contribution in [-0.2, 0) is 4.74 Å². The minimum absolute atomic E-state index is 0.120. The van der Waals surface area contributed by atoms with Gasteiger partial charge in [-0.15, -0.1) is 0 Å². The lowest BCUT2D eigenvalue weighted by Crippen LogP contribution is -2.46. The molecule has 1 saturated heterocycles. The van der Waals surface area contributed by atoms with Gasteiger partial charge in [0.15, 0.2) is 17.6 Å². The summed E-state index contributed by atoms with van der Waals surface area (Å²) in [6.07, 6.45) is 3.08. The van der Waals surface area contributed by atoms with Gasteiger partial charge < -0.3 is 18.7 Å². The van der Waals surface area contributed by atoms with Gasteiger partial charge in [0.2, 0.25) is 0 Å². The molecule has 1 aliphatic carbocycles. The average molecular weight is 304 g/mol. The molecule has 0 radical (unpaired) electrons. The molecule has 0 unspecified atom stereocenters. The molecule has 116 valence electrons. The second kappa shape index (κ2) is 5.20. The van der Waals surface area contributed by atoms with E-state index in [9.17, 15) is 4.79 Å². The summed E-state index contributed by atoms with van der Waals surface area (Å²) >= 11 is 0. The van der Waals surface area contributed by atoms with Gasteiger partial charge in [0.05, 0.1) is 12.6 Å². The third-order valence-electron chi connectivity index (χ3n) is 3.88. The van der Waals surface area contributed by atoms with Crippen LogP contribution in [0.25, 0.3) is 0 Å². The molecule has 4 rings (SSSR count). The van der Waals surface area contributed by atoms with E-state index in [0.717, 1.165) is 18.7 Å². The molecule has 2 aromatic heterocycles. The van der Waals surface area contributed by atoms with Crippen molar-refractivity contribution < 1.29 is 18.6 Å². The number of amides is 1. The monoisotopic (exact) mass is 304 g/mol.